The van der Waals surface area contributed by atoms with Gasteiger partial charge in [-0.2, -0.15) is 0 Å². The summed E-state index contributed by atoms with van der Waals surface area (Å²) < 4.78 is 2.01. The van der Waals surface area contributed by atoms with Crippen LogP contribution in [0.15, 0.2) is 73.2 Å². The van der Waals surface area contributed by atoms with Gasteiger partial charge in [-0.05, 0) is 5.56 Å². The number of rotatable bonds is 2. The van der Waals surface area contributed by atoms with E-state index in [1.807, 2.05) is 59.3 Å². The largest absolute Gasteiger partial charge is 0.283 e. The Bertz CT molecular complexity index is 928. The molecule has 2 radical (unpaired) electrons. The summed E-state index contributed by atoms with van der Waals surface area (Å²) in [6, 6.07) is 18.0. The van der Waals surface area contributed by atoms with Crippen LogP contribution in [0.4, 0.5) is 0 Å². The van der Waals surface area contributed by atoms with Crippen molar-refractivity contribution in [2.45, 2.75) is 0 Å². The first-order chi connectivity index (χ1) is 10.8. The van der Waals surface area contributed by atoms with Crippen LogP contribution in [-0.4, -0.2) is 22.2 Å². The molecule has 0 fully saturated rings. The molecular weight excluding hydrogens is 269 g/mol. The summed E-state index contributed by atoms with van der Waals surface area (Å²) >= 11 is 0. The smallest absolute Gasteiger partial charge is 0.234 e. The summed E-state index contributed by atoms with van der Waals surface area (Å²) in [5, 5.41) is 0. The van der Waals surface area contributed by atoms with Crippen LogP contribution in [0.3, 0.4) is 0 Å². The number of aromatic nitrogens is 3. The molecule has 22 heavy (non-hydrogen) atoms. The Balaban J connectivity index is 1.88. The number of hydrogen-bond acceptors (Lipinski definition) is 2. The molecule has 0 atom stereocenters. The maximum atomic E-state index is 5.75. The van der Waals surface area contributed by atoms with Crippen molar-refractivity contribution < 1.29 is 0 Å². The molecule has 102 valence electrons. The molecule has 0 aliphatic rings. The summed E-state index contributed by atoms with van der Waals surface area (Å²) in [6.07, 6.45) is 5.75. The zero-order chi connectivity index (χ0) is 14.9. The molecule has 0 amide bonds. The zero-order valence-electron chi connectivity index (χ0n) is 11.8. The minimum Gasteiger partial charge on any atom is -0.283 e. The molecular formula is C18H12BN3. The van der Waals surface area contributed by atoms with Crippen molar-refractivity contribution in [3.05, 3.63) is 73.2 Å². The summed E-state index contributed by atoms with van der Waals surface area (Å²) in [5.41, 5.74) is 5.01. The average Bonchev–Trinajstić information content (AvgIpc) is 2.99. The molecule has 3 nitrogen and oxygen atoms in total. The number of fused-ring (bicyclic) bond motifs is 1. The van der Waals surface area contributed by atoms with Gasteiger partial charge >= 0.3 is 0 Å². The standard InChI is InChI=1S/C18H12BN3/c19-16-8-6-13(7-9-16)15-10-20-18-21-11-17(22(18)12-15)14-4-2-1-3-5-14/h1-12H. The average molecular weight is 281 g/mol. The van der Waals surface area contributed by atoms with Crippen LogP contribution in [0.1, 0.15) is 0 Å². The fourth-order valence-corrected chi connectivity index (χ4v) is 2.52. The van der Waals surface area contributed by atoms with Crippen LogP contribution in [0.25, 0.3) is 28.2 Å². The van der Waals surface area contributed by atoms with Crippen molar-refractivity contribution in [2.75, 3.05) is 0 Å². The molecule has 0 saturated carbocycles. The van der Waals surface area contributed by atoms with E-state index in [4.69, 9.17) is 7.85 Å². The number of benzene rings is 2. The summed E-state index contributed by atoms with van der Waals surface area (Å²) in [4.78, 5) is 8.82. The van der Waals surface area contributed by atoms with Crippen LogP contribution < -0.4 is 5.46 Å². The third-order valence-corrected chi connectivity index (χ3v) is 3.68. The van der Waals surface area contributed by atoms with E-state index in [1.54, 1.807) is 0 Å². The first-order valence-corrected chi connectivity index (χ1v) is 7.06. The highest BCUT2D eigenvalue weighted by molar-refractivity contribution is 6.32. The second-order valence-electron chi connectivity index (χ2n) is 5.14. The maximum Gasteiger partial charge on any atom is 0.234 e. The molecule has 0 spiro atoms. The van der Waals surface area contributed by atoms with Crippen molar-refractivity contribution in [3.63, 3.8) is 0 Å². The van der Waals surface area contributed by atoms with E-state index in [0.717, 1.165) is 27.8 Å². The Morgan fingerprint density at radius 3 is 2.23 bits per heavy atom. The van der Waals surface area contributed by atoms with E-state index in [2.05, 4.69) is 28.3 Å². The van der Waals surface area contributed by atoms with E-state index < -0.39 is 0 Å². The monoisotopic (exact) mass is 281 g/mol. The van der Waals surface area contributed by atoms with Gasteiger partial charge in [0.15, 0.2) is 0 Å². The van der Waals surface area contributed by atoms with Gasteiger partial charge in [0.05, 0.1) is 11.9 Å². The van der Waals surface area contributed by atoms with Gasteiger partial charge in [0.25, 0.3) is 0 Å². The minimum atomic E-state index is 0.693. The molecule has 4 heteroatoms. The first-order valence-electron chi connectivity index (χ1n) is 7.06. The Labute approximate surface area is 129 Å². The molecule has 2 aromatic heterocycles. The second-order valence-corrected chi connectivity index (χ2v) is 5.14. The van der Waals surface area contributed by atoms with Crippen LogP contribution in [0, 0.1) is 0 Å². The van der Waals surface area contributed by atoms with E-state index in [9.17, 15) is 0 Å². The molecule has 0 unspecified atom stereocenters. The lowest BCUT2D eigenvalue weighted by Gasteiger charge is -2.05. The summed E-state index contributed by atoms with van der Waals surface area (Å²) in [5.74, 6) is 0.693. The van der Waals surface area contributed by atoms with Crippen LogP contribution in [0.2, 0.25) is 0 Å². The fraction of sp³-hybridized carbons (Fsp3) is 0. The second kappa shape index (κ2) is 5.15. The van der Waals surface area contributed by atoms with Crippen molar-refractivity contribution >= 4 is 19.1 Å². The van der Waals surface area contributed by atoms with Gasteiger partial charge in [0, 0.05) is 23.5 Å². The van der Waals surface area contributed by atoms with E-state index in [-0.39, 0.29) is 0 Å². The summed E-state index contributed by atoms with van der Waals surface area (Å²) in [6.45, 7) is 0. The molecule has 0 aliphatic carbocycles. The molecule has 0 bridgehead atoms. The SMILES string of the molecule is [B]c1ccc(-c2cnc3ncc(-c4ccccc4)n3c2)cc1. The third kappa shape index (κ3) is 2.19. The predicted octanol–water partition coefficient (Wildman–Crippen LogP) is 2.86. The molecule has 4 aromatic rings. The lowest BCUT2D eigenvalue weighted by Crippen LogP contribution is -1.99. The third-order valence-electron chi connectivity index (χ3n) is 3.68. The van der Waals surface area contributed by atoms with Gasteiger partial charge in [0.1, 0.15) is 7.85 Å². The predicted molar refractivity (Wildman–Crippen MR) is 89.2 cm³/mol. The van der Waals surface area contributed by atoms with Gasteiger partial charge in [-0.3, -0.25) is 4.40 Å². The van der Waals surface area contributed by atoms with Crippen molar-refractivity contribution in [1.29, 1.82) is 0 Å². The normalized spacial score (nSPS) is 10.9. The minimum absolute atomic E-state index is 0.693. The Kier molecular flexibility index (Phi) is 3.00. The lowest BCUT2D eigenvalue weighted by molar-refractivity contribution is 1.11. The number of nitrogens with zero attached hydrogens (tertiary/aromatic N) is 3. The Morgan fingerprint density at radius 1 is 0.727 bits per heavy atom. The highest BCUT2D eigenvalue weighted by Crippen LogP contribution is 2.23. The van der Waals surface area contributed by atoms with Gasteiger partial charge < -0.3 is 0 Å². The molecule has 0 aliphatic heterocycles. The van der Waals surface area contributed by atoms with Crippen LogP contribution >= 0.6 is 0 Å². The molecule has 4 rings (SSSR count). The fourth-order valence-electron chi connectivity index (χ4n) is 2.52. The van der Waals surface area contributed by atoms with Crippen LogP contribution in [0.5, 0.6) is 0 Å². The van der Waals surface area contributed by atoms with Crippen molar-refractivity contribution in [3.8, 4) is 22.4 Å². The number of imidazole rings is 1. The quantitative estimate of drug-likeness (QED) is 0.529. The van der Waals surface area contributed by atoms with Crippen LogP contribution in [-0.2, 0) is 0 Å². The van der Waals surface area contributed by atoms with Crippen molar-refractivity contribution in [2.24, 2.45) is 0 Å². The topological polar surface area (TPSA) is 30.2 Å². The highest BCUT2D eigenvalue weighted by atomic mass is 15.1. The van der Waals surface area contributed by atoms with E-state index in [0.29, 0.717) is 5.78 Å². The van der Waals surface area contributed by atoms with Crippen molar-refractivity contribution in [1.82, 2.24) is 14.4 Å². The first kappa shape index (κ1) is 12.8. The Morgan fingerprint density at radius 2 is 1.45 bits per heavy atom. The van der Waals surface area contributed by atoms with Gasteiger partial charge in [0.2, 0.25) is 5.78 Å². The molecule has 2 aromatic carbocycles. The zero-order valence-corrected chi connectivity index (χ0v) is 11.8. The van der Waals surface area contributed by atoms with Gasteiger partial charge in [-0.15, -0.1) is 0 Å². The van der Waals surface area contributed by atoms with Gasteiger partial charge in [-0.1, -0.05) is 60.1 Å². The van der Waals surface area contributed by atoms with E-state index >= 15 is 0 Å². The molecule has 0 saturated heterocycles. The highest BCUT2D eigenvalue weighted by Gasteiger charge is 2.08. The van der Waals surface area contributed by atoms with E-state index in [1.165, 1.54) is 0 Å². The molecule has 2 heterocycles. The lowest BCUT2D eigenvalue weighted by atomic mass is 9.94. The van der Waals surface area contributed by atoms with Gasteiger partial charge in [-0.25, -0.2) is 9.97 Å². The maximum absolute atomic E-state index is 5.75. The summed E-state index contributed by atoms with van der Waals surface area (Å²) in [7, 11) is 5.75. The molecule has 0 N–H and O–H groups in total. The Hall–Kier alpha value is -2.88. The number of hydrogen-bond donors (Lipinski definition) is 0.